The third-order valence-electron chi connectivity index (χ3n) is 1.95. The second-order valence-electron chi connectivity index (χ2n) is 3.07. The molecule has 0 aliphatic carbocycles. The van der Waals surface area contributed by atoms with Gasteiger partial charge in [-0.25, -0.2) is 23.1 Å². The molecule has 17 heavy (non-hydrogen) atoms. The molecule has 2 aromatic rings. The van der Waals surface area contributed by atoms with Gasteiger partial charge in [0.1, 0.15) is 0 Å². The van der Waals surface area contributed by atoms with E-state index in [1.807, 2.05) is 0 Å². The van der Waals surface area contributed by atoms with E-state index in [0.29, 0.717) is 0 Å². The van der Waals surface area contributed by atoms with Gasteiger partial charge in [0.25, 0.3) is 0 Å². The lowest BCUT2D eigenvalue weighted by Gasteiger charge is -2.03. The van der Waals surface area contributed by atoms with E-state index in [2.05, 4.69) is 9.97 Å². The van der Waals surface area contributed by atoms with E-state index in [0.717, 1.165) is 12.1 Å². The first-order valence-corrected chi connectivity index (χ1v) is 5.08. The summed E-state index contributed by atoms with van der Waals surface area (Å²) in [6, 6.07) is 3.01. The molecule has 0 atom stereocenters. The van der Waals surface area contributed by atoms with Gasteiger partial charge >= 0.3 is 0 Å². The van der Waals surface area contributed by atoms with Crippen molar-refractivity contribution in [2.75, 3.05) is 0 Å². The lowest BCUT2D eigenvalue weighted by molar-refractivity contribution is 0.509. The van der Waals surface area contributed by atoms with E-state index in [1.165, 1.54) is 6.07 Å². The second kappa shape index (κ2) is 4.50. The summed E-state index contributed by atoms with van der Waals surface area (Å²) in [6.45, 7) is 0. The van der Waals surface area contributed by atoms with Crippen molar-refractivity contribution >= 4 is 23.2 Å². The van der Waals surface area contributed by atoms with E-state index < -0.39 is 27.8 Å². The Morgan fingerprint density at radius 3 is 2.00 bits per heavy atom. The number of aromatic nitrogens is 2. The average molecular weight is 279 g/mol. The Kier molecular flexibility index (Phi) is 3.22. The molecule has 0 bridgehead atoms. The van der Waals surface area contributed by atoms with Crippen LogP contribution in [0, 0.1) is 17.5 Å². The molecule has 1 aromatic heterocycles. The topological polar surface area (TPSA) is 25.8 Å². The number of hydrogen-bond acceptors (Lipinski definition) is 2. The van der Waals surface area contributed by atoms with Crippen LogP contribution < -0.4 is 0 Å². The Bertz CT molecular complexity index is 567. The minimum atomic E-state index is -1.07. The molecule has 7 heteroatoms. The average Bonchev–Trinajstić information content (AvgIpc) is 2.29. The van der Waals surface area contributed by atoms with Crippen LogP contribution in [0.4, 0.5) is 13.2 Å². The van der Waals surface area contributed by atoms with Crippen LogP contribution in [0.3, 0.4) is 0 Å². The van der Waals surface area contributed by atoms with E-state index in [9.17, 15) is 13.2 Å². The number of halogens is 5. The SMILES string of the molecule is Fc1ccc(-c2nc(Cl)c(F)c(Cl)n2)cc1F. The summed E-state index contributed by atoms with van der Waals surface area (Å²) in [5, 5.41) is -0.963. The summed E-state index contributed by atoms with van der Waals surface area (Å²) < 4.78 is 38.7. The van der Waals surface area contributed by atoms with E-state index in [1.54, 1.807) is 0 Å². The van der Waals surface area contributed by atoms with Gasteiger partial charge in [-0.3, -0.25) is 0 Å². The van der Waals surface area contributed by atoms with Crippen molar-refractivity contribution in [2.45, 2.75) is 0 Å². The number of rotatable bonds is 1. The summed E-state index contributed by atoms with van der Waals surface area (Å²) in [5.41, 5.74) is 0.146. The Balaban J connectivity index is 2.57. The van der Waals surface area contributed by atoms with E-state index >= 15 is 0 Å². The number of nitrogens with zero attached hydrogens (tertiary/aromatic N) is 2. The van der Waals surface area contributed by atoms with Crippen LogP contribution in [-0.4, -0.2) is 9.97 Å². The van der Waals surface area contributed by atoms with Crippen molar-refractivity contribution in [3.8, 4) is 11.4 Å². The molecule has 0 unspecified atom stereocenters. The van der Waals surface area contributed by atoms with Gasteiger partial charge in [0, 0.05) is 5.56 Å². The van der Waals surface area contributed by atoms with Crippen LogP contribution in [0.5, 0.6) is 0 Å². The van der Waals surface area contributed by atoms with Crippen LogP contribution in [0.25, 0.3) is 11.4 Å². The van der Waals surface area contributed by atoms with Crippen LogP contribution in [-0.2, 0) is 0 Å². The third-order valence-corrected chi connectivity index (χ3v) is 2.45. The quantitative estimate of drug-likeness (QED) is 0.740. The Hall–Kier alpha value is -1.33. The highest BCUT2D eigenvalue weighted by atomic mass is 35.5. The lowest BCUT2D eigenvalue weighted by atomic mass is 10.2. The first kappa shape index (κ1) is 12.1. The predicted octanol–water partition coefficient (Wildman–Crippen LogP) is 3.87. The minimum Gasteiger partial charge on any atom is -0.213 e. The third kappa shape index (κ3) is 2.35. The van der Waals surface area contributed by atoms with Gasteiger partial charge in [0.05, 0.1) is 0 Å². The molecule has 0 aliphatic heterocycles. The number of hydrogen-bond donors (Lipinski definition) is 0. The van der Waals surface area contributed by atoms with Crippen LogP contribution in [0.1, 0.15) is 0 Å². The van der Waals surface area contributed by atoms with Crippen LogP contribution in [0.2, 0.25) is 10.3 Å². The maximum Gasteiger partial charge on any atom is 0.197 e. The lowest BCUT2D eigenvalue weighted by Crippen LogP contribution is -1.95. The molecule has 1 heterocycles. The summed E-state index contributed by atoms with van der Waals surface area (Å²) in [7, 11) is 0. The van der Waals surface area contributed by atoms with Crippen molar-refractivity contribution in [3.63, 3.8) is 0 Å². The van der Waals surface area contributed by atoms with Crippen LogP contribution >= 0.6 is 23.2 Å². The normalized spacial score (nSPS) is 10.6. The summed E-state index contributed by atoms with van der Waals surface area (Å²) >= 11 is 10.9. The van der Waals surface area contributed by atoms with Crippen molar-refractivity contribution in [1.82, 2.24) is 9.97 Å². The molecule has 0 saturated heterocycles. The second-order valence-corrected chi connectivity index (χ2v) is 3.79. The maximum absolute atomic E-state index is 13.0. The van der Waals surface area contributed by atoms with Gasteiger partial charge in [-0.05, 0) is 18.2 Å². The zero-order valence-corrected chi connectivity index (χ0v) is 9.53. The largest absolute Gasteiger partial charge is 0.213 e. The van der Waals surface area contributed by atoms with Gasteiger partial charge in [-0.15, -0.1) is 0 Å². The molecular weight excluding hydrogens is 276 g/mol. The first-order valence-electron chi connectivity index (χ1n) is 4.33. The molecule has 0 aliphatic rings. The molecule has 0 N–H and O–H groups in total. The smallest absolute Gasteiger partial charge is 0.197 e. The zero-order chi connectivity index (χ0) is 12.6. The fourth-order valence-electron chi connectivity index (χ4n) is 1.16. The van der Waals surface area contributed by atoms with Gasteiger partial charge < -0.3 is 0 Å². The monoisotopic (exact) mass is 278 g/mol. The fourth-order valence-corrected chi connectivity index (χ4v) is 1.55. The highest BCUT2D eigenvalue weighted by molar-refractivity contribution is 6.33. The van der Waals surface area contributed by atoms with Crippen molar-refractivity contribution < 1.29 is 13.2 Å². The number of benzene rings is 1. The Morgan fingerprint density at radius 1 is 0.882 bits per heavy atom. The first-order chi connectivity index (χ1) is 7.99. The Labute approximate surface area is 104 Å². The molecular formula is C10H3Cl2F3N2. The molecule has 2 rings (SSSR count). The van der Waals surface area contributed by atoms with Crippen molar-refractivity contribution in [1.29, 1.82) is 0 Å². The fraction of sp³-hybridized carbons (Fsp3) is 0. The standard InChI is InChI=1S/C10H3Cl2F3N2/c11-8-7(15)9(12)17-10(16-8)4-1-2-5(13)6(14)3-4/h1-3H. The van der Waals surface area contributed by atoms with Gasteiger partial charge in [-0.2, -0.15) is 0 Å². The summed E-state index contributed by atoms with van der Waals surface area (Å²) in [6.07, 6.45) is 0. The van der Waals surface area contributed by atoms with Crippen molar-refractivity contribution in [3.05, 3.63) is 46.0 Å². The van der Waals surface area contributed by atoms with Gasteiger partial charge in [-0.1, -0.05) is 23.2 Å². The Morgan fingerprint density at radius 2 is 1.47 bits per heavy atom. The van der Waals surface area contributed by atoms with Gasteiger partial charge in [0.2, 0.25) is 0 Å². The van der Waals surface area contributed by atoms with Crippen molar-refractivity contribution in [2.24, 2.45) is 0 Å². The molecule has 0 spiro atoms. The molecule has 1 aromatic carbocycles. The van der Waals surface area contributed by atoms with Gasteiger partial charge in [0.15, 0.2) is 33.6 Å². The predicted molar refractivity (Wildman–Crippen MR) is 57.4 cm³/mol. The van der Waals surface area contributed by atoms with E-state index in [4.69, 9.17) is 23.2 Å². The van der Waals surface area contributed by atoms with E-state index in [-0.39, 0.29) is 11.4 Å². The minimum absolute atomic E-state index is 0.0831. The highest BCUT2D eigenvalue weighted by Gasteiger charge is 2.13. The summed E-state index contributed by atoms with van der Waals surface area (Å²) in [4.78, 5) is 7.16. The molecule has 2 nitrogen and oxygen atoms in total. The summed E-state index contributed by atoms with van der Waals surface area (Å²) in [5.74, 6) is -3.12. The molecule has 88 valence electrons. The zero-order valence-electron chi connectivity index (χ0n) is 8.02. The molecule has 0 amide bonds. The highest BCUT2D eigenvalue weighted by Crippen LogP contribution is 2.24. The molecule has 0 fully saturated rings. The van der Waals surface area contributed by atoms with Crippen LogP contribution in [0.15, 0.2) is 18.2 Å². The molecule has 0 radical (unpaired) electrons. The maximum atomic E-state index is 13.0. The molecule has 0 saturated carbocycles.